The van der Waals surface area contributed by atoms with Crippen molar-refractivity contribution in [3.63, 3.8) is 0 Å². The van der Waals surface area contributed by atoms with Crippen LogP contribution in [0.5, 0.6) is 0 Å². The van der Waals surface area contributed by atoms with Gasteiger partial charge < -0.3 is 5.11 Å². The van der Waals surface area contributed by atoms with Gasteiger partial charge in [-0.25, -0.2) is 8.78 Å². The summed E-state index contributed by atoms with van der Waals surface area (Å²) in [4.78, 5) is 0. The summed E-state index contributed by atoms with van der Waals surface area (Å²) in [6.45, 7) is 2.21. The molecule has 0 bridgehead atoms. The summed E-state index contributed by atoms with van der Waals surface area (Å²) in [5.41, 5.74) is 0.787. The van der Waals surface area contributed by atoms with Gasteiger partial charge in [-0.2, -0.15) is 0 Å². The minimum Gasteiger partial charge on any atom is -0.388 e. The van der Waals surface area contributed by atoms with E-state index in [0.717, 1.165) is 24.3 Å². The fourth-order valence-electron chi connectivity index (χ4n) is 3.02. The van der Waals surface area contributed by atoms with Gasteiger partial charge in [-0.15, -0.1) is 0 Å². The highest BCUT2D eigenvalue weighted by atomic mass is 19.3. The number of halogens is 2. The number of hydrogen-bond acceptors (Lipinski definition) is 1. The van der Waals surface area contributed by atoms with Crippen LogP contribution >= 0.6 is 0 Å². The van der Waals surface area contributed by atoms with Gasteiger partial charge in [0.05, 0.1) is 6.10 Å². The summed E-state index contributed by atoms with van der Waals surface area (Å²) in [7, 11) is 0. The molecule has 0 spiro atoms. The molecule has 106 valence electrons. The van der Waals surface area contributed by atoms with E-state index in [1.807, 2.05) is 0 Å². The van der Waals surface area contributed by atoms with Crippen molar-refractivity contribution in [1.82, 2.24) is 0 Å². The van der Waals surface area contributed by atoms with E-state index in [9.17, 15) is 13.9 Å². The highest BCUT2D eigenvalue weighted by molar-refractivity contribution is 5.25. The third-order valence-electron chi connectivity index (χ3n) is 4.45. The third kappa shape index (κ3) is 3.53. The molecule has 0 aliphatic heterocycles. The SMILES string of the molecule is CCC1CCC(C(O)c2ccc(C(F)F)cc2)CC1. The molecule has 0 aromatic heterocycles. The van der Waals surface area contributed by atoms with E-state index in [-0.39, 0.29) is 11.5 Å². The second-order valence-electron chi connectivity index (χ2n) is 5.60. The quantitative estimate of drug-likeness (QED) is 0.825. The number of benzene rings is 1. The lowest BCUT2D eigenvalue weighted by Gasteiger charge is -2.31. The van der Waals surface area contributed by atoms with Crippen molar-refractivity contribution in [2.45, 2.75) is 51.6 Å². The lowest BCUT2D eigenvalue weighted by molar-refractivity contribution is 0.0728. The Morgan fingerprint density at radius 1 is 1.05 bits per heavy atom. The van der Waals surface area contributed by atoms with E-state index in [1.54, 1.807) is 12.1 Å². The number of aliphatic hydroxyl groups excluding tert-OH is 1. The van der Waals surface area contributed by atoms with Crippen LogP contribution < -0.4 is 0 Å². The third-order valence-corrected chi connectivity index (χ3v) is 4.45. The normalized spacial score (nSPS) is 25.5. The molecule has 1 aromatic carbocycles. The van der Waals surface area contributed by atoms with E-state index in [1.165, 1.54) is 31.4 Å². The predicted octanol–water partition coefficient (Wildman–Crippen LogP) is 4.87. The summed E-state index contributed by atoms with van der Waals surface area (Å²) < 4.78 is 24.9. The molecule has 1 N–H and O–H groups in total. The molecule has 1 saturated carbocycles. The topological polar surface area (TPSA) is 20.2 Å². The molecule has 0 heterocycles. The smallest absolute Gasteiger partial charge is 0.263 e. The zero-order valence-corrected chi connectivity index (χ0v) is 11.4. The maximum absolute atomic E-state index is 12.5. The first-order valence-electron chi connectivity index (χ1n) is 7.18. The van der Waals surface area contributed by atoms with Gasteiger partial charge in [-0.3, -0.25) is 0 Å². The van der Waals surface area contributed by atoms with Crippen LogP contribution in [0.1, 0.15) is 62.7 Å². The number of alkyl halides is 2. The van der Waals surface area contributed by atoms with Crippen molar-refractivity contribution in [2.24, 2.45) is 11.8 Å². The summed E-state index contributed by atoms with van der Waals surface area (Å²) in [6.07, 6.45) is 2.69. The molecule has 1 nitrogen and oxygen atoms in total. The van der Waals surface area contributed by atoms with Crippen LogP contribution in [-0.4, -0.2) is 5.11 Å². The molecule has 1 aliphatic rings. The Morgan fingerprint density at radius 3 is 2.05 bits per heavy atom. The van der Waals surface area contributed by atoms with Gasteiger partial charge in [0.25, 0.3) is 6.43 Å². The van der Waals surface area contributed by atoms with Gasteiger partial charge in [0, 0.05) is 5.56 Å². The van der Waals surface area contributed by atoms with Crippen LogP contribution in [0.15, 0.2) is 24.3 Å². The lowest BCUT2D eigenvalue weighted by Crippen LogP contribution is -2.20. The van der Waals surface area contributed by atoms with E-state index in [0.29, 0.717) is 0 Å². The van der Waals surface area contributed by atoms with Gasteiger partial charge >= 0.3 is 0 Å². The van der Waals surface area contributed by atoms with Crippen LogP contribution in [0, 0.1) is 11.8 Å². The van der Waals surface area contributed by atoms with Crippen LogP contribution in [0.25, 0.3) is 0 Å². The first kappa shape index (κ1) is 14.4. The summed E-state index contributed by atoms with van der Waals surface area (Å²) >= 11 is 0. The minimum absolute atomic E-state index is 0.0191. The number of hydrogen-bond donors (Lipinski definition) is 1. The van der Waals surface area contributed by atoms with Crippen LogP contribution in [0.3, 0.4) is 0 Å². The average Bonchev–Trinajstić information content (AvgIpc) is 2.46. The number of aliphatic hydroxyl groups is 1. The van der Waals surface area contributed by atoms with E-state index in [4.69, 9.17) is 0 Å². The second-order valence-corrected chi connectivity index (χ2v) is 5.60. The zero-order chi connectivity index (χ0) is 13.8. The molecule has 2 rings (SSSR count). The monoisotopic (exact) mass is 268 g/mol. The average molecular weight is 268 g/mol. The van der Waals surface area contributed by atoms with Crippen LogP contribution in [0.4, 0.5) is 8.78 Å². The molecular formula is C16H22F2O. The first-order valence-corrected chi connectivity index (χ1v) is 7.18. The molecule has 0 amide bonds. The van der Waals surface area contributed by atoms with Gasteiger partial charge in [-0.05, 0) is 30.2 Å². The maximum atomic E-state index is 12.5. The fourth-order valence-corrected chi connectivity index (χ4v) is 3.02. The largest absolute Gasteiger partial charge is 0.388 e. The van der Waals surface area contributed by atoms with Crippen LogP contribution in [0.2, 0.25) is 0 Å². The van der Waals surface area contributed by atoms with E-state index < -0.39 is 12.5 Å². The maximum Gasteiger partial charge on any atom is 0.263 e. The molecule has 1 atom stereocenters. The summed E-state index contributed by atoms with van der Waals surface area (Å²) in [5, 5.41) is 10.3. The molecule has 0 saturated heterocycles. The van der Waals surface area contributed by atoms with Crippen molar-refractivity contribution in [2.75, 3.05) is 0 Å². The molecular weight excluding hydrogens is 246 g/mol. The van der Waals surface area contributed by atoms with Gasteiger partial charge in [0.15, 0.2) is 0 Å². The first-order chi connectivity index (χ1) is 9.11. The Hall–Kier alpha value is -0.960. The Morgan fingerprint density at radius 2 is 1.58 bits per heavy atom. The Balaban J connectivity index is 1.97. The second kappa shape index (κ2) is 6.47. The standard InChI is InChI=1S/C16H22F2O/c1-2-11-3-5-12(6-4-11)15(19)13-7-9-14(10-8-13)16(17)18/h7-12,15-16,19H,2-6H2,1H3. The predicted molar refractivity (Wildman–Crippen MR) is 72.1 cm³/mol. The van der Waals surface area contributed by atoms with E-state index >= 15 is 0 Å². The molecule has 1 unspecified atom stereocenters. The highest BCUT2D eigenvalue weighted by Crippen LogP contribution is 2.38. The van der Waals surface area contributed by atoms with Gasteiger partial charge in [0.2, 0.25) is 0 Å². The van der Waals surface area contributed by atoms with Crippen molar-refractivity contribution >= 4 is 0 Å². The Labute approximate surface area is 113 Å². The molecule has 3 heteroatoms. The number of rotatable bonds is 4. The molecule has 19 heavy (non-hydrogen) atoms. The summed E-state index contributed by atoms with van der Waals surface area (Å²) in [6, 6.07) is 6.11. The molecule has 1 aliphatic carbocycles. The lowest BCUT2D eigenvalue weighted by atomic mass is 9.77. The Kier molecular flexibility index (Phi) is 4.92. The minimum atomic E-state index is -2.44. The molecule has 1 fully saturated rings. The zero-order valence-electron chi connectivity index (χ0n) is 11.4. The van der Waals surface area contributed by atoms with Gasteiger partial charge in [-0.1, -0.05) is 50.5 Å². The van der Waals surface area contributed by atoms with Gasteiger partial charge in [0.1, 0.15) is 0 Å². The molecule has 1 aromatic rings. The van der Waals surface area contributed by atoms with Crippen molar-refractivity contribution in [3.8, 4) is 0 Å². The fraction of sp³-hybridized carbons (Fsp3) is 0.625. The Bertz CT molecular complexity index is 380. The van der Waals surface area contributed by atoms with Crippen molar-refractivity contribution < 1.29 is 13.9 Å². The van der Waals surface area contributed by atoms with E-state index in [2.05, 4.69) is 6.92 Å². The highest BCUT2D eigenvalue weighted by Gasteiger charge is 2.26. The van der Waals surface area contributed by atoms with Crippen LogP contribution in [-0.2, 0) is 0 Å². The van der Waals surface area contributed by atoms with Crippen molar-refractivity contribution in [1.29, 1.82) is 0 Å². The molecule has 0 radical (unpaired) electrons. The van der Waals surface area contributed by atoms with Crippen molar-refractivity contribution in [3.05, 3.63) is 35.4 Å². The summed E-state index contributed by atoms with van der Waals surface area (Å²) in [5.74, 6) is 1.07.